The van der Waals surface area contributed by atoms with Gasteiger partial charge >= 0.3 is 5.97 Å². The largest absolute Gasteiger partial charge is 0.490 e. The van der Waals surface area contributed by atoms with Crippen molar-refractivity contribution < 1.29 is 29.6 Å². The van der Waals surface area contributed by atoms with Crippen LogP contribution >= 0.6 is 0 Å². The van der Waals surface area contributed by atoms with Crippen LogP contribution in [0.1, 0.15) is 18.6 Å². The fourth-order valence-corrected chi connectivity index (χ4v) is 1.75. The third-order valence-electron chi connectivity index (χ3n) is 2.66. The van der Waals surface area contributed by atoms with E-state index >= 15 is 0 Å². The first-order valence-corrected chi connectivity index (χ1v) is 6.48. The summed E-state index contributed by atoms with van der Waals surface area (Å²) in [5, 5.41) is 31.8. The number of aliphatic hydroxyl groups excluding tert-OH is 2. The second kappa shape index (κ2) is 8.73. The van der Waals surface area contributed by atoms with Crippen LogP contribution in [0.3, 0.4) is 0 Å². The molecule has 0 heterocycles. The van der Waals surface area contributed by atoms with E-state index in [1.807, 2.05) is 0 Å². The minimum Gasteiger partial charge on any atom is -0.490 e. The molecule has 1 aromatic rings. The second-order valence-corrected chi connectivity index (χ2v) is 4.22. The quantitative estimate of drug-likeness (QED) is 0.355. The van der Waals surface area contributed by atoms with Gasteiger partial charge in [-0.3, -0.25) is 0 Å². The van der Waals surface area contributed by atoms with E-state index in [2.05, 4.69) is 10.0 Å². The van der Waals surface area contributed by atoms with Gasteiger partial charge in [0.05, 0.1) is 19.3 Å². The third kappa shape index (κ3) is 4.81. The molecule has 9 heteroatoms. The lowest BCUT2D eigenvalue weighted by molar-refractivity contribution is -0.139. The number of carboxylic acids is 1. The van der Waals surface area contributed by atoms with E-state index in [1.165, 1.54) is 6.07 Å². The number of benzene rings is 1. The molecule has 0 aliphatic carbocycles. The number of para-hydroxylation sites is 1. The van der Waals surface area contributed by atoms with Crippen molar-refractivity contribution >= 4 is 5.97 Å². The summed E-state index contributed by atoms with van der Waals surface area (Å²) in [6, 6.07) is 4.58. The Morgan fingerprint density at radius 1 is 1.41 bits per heavy atom. The number of nitrogens with zero attached hydrogens (tertiary/aromatic N) is 3. The van der Waals surface area contributed by atoms with Gasteiger partial charge in [-0.25, -0.2) is 4.79 Å². The van der Waals surface area contributed by atoms with E-state index in [0.717, 1.165) is 0 Å². The number of ether oxygens (including phenoxy) is 2. The van der Waals surface area contributed by atoms with E-state index < -0.39 is 24.8 Å². The number of azide groups is 1. The molecule has 2 atom stereocenters. The highest BCUT2D eigenvalue weighted by atomic mass is 16.5. The van der Waals surface area contributed by atoms with Crippen LogP contribution < -0.4 is 9.47 Å². The molecule has 3 N–H and O–H groups in total. The minimum atomic E-state index is -1.42. The molecular formula is C13H17N3O6. The van der Waals surface area contributed by atoms with Gasteiger partial charge in [0, 0.05) is 10.5 Å². The summed E-state index contributed by atoms with van der Waals surface area (Å²) in [5.74, 6) is -0.920. The lowest BCUT2D eigenvalue weighted by atomic mass is 10.0. The number of hydrogen-bond acceptors (Lipinski definition) is 6. The molecule has 0 aromatic heterocycles. The van der Waals surface area contributed by atoms with Crippen molar-refractivity contribution in [2.45, 2.75) is 19.1 Å². The van der Waals surface area contributed by atoms with Crippen LogP contribution in [0.5, 0.6) is 11.5 Å². The van der Waals surface area contributed by atoms with Gasteiger partial charge in [0.2, 0.25) is 0 Å². The molecule has 0 saturated carbocycles. The summed E-state index contributed by atoms with van der Waals surface area (Å²) >= 11 is 0. The number of hydrogen-bond donors (Lipinski definition) is 3. The molecule has 0 fully saturated rings. The van der Waals surface area contributed by atoms with E-state index in [4.69, 9.17) is 20.1 Å². The summed E-state index contributed by atoms with van der Waals surface area (Å²) in [6.45, 7) is 1.08. The van der Waals surface area contributed by atoms with E-state index in [9.17, 15) is 15.0 Å². The molecule has 0 saturated heterocycles. The summed E-state index contributed by atoms with van der Waals surface area (Å²) in [6.07, 6.45) is -2.78. The van der Waals surface area contributed by atoms with Crippen LogP contribution in [-0.2, 0) is 4.79 Å². The van der Waals surface area contributed by atoms with Crippen molar-refractivity contribution in [3.05, 3.63) is 34.2 Å². The lowest BCUT2D eigenvalue weighted by Crippen LogP contribution is -2.22. The predicted octanol–water partition coefficient (Wildman–Crippen LogP) is 1.25. The highest BCUT2D eigenvalue weighted by Gasteiger charge is 2.24. The van der Waals surface area contributed by atoms with E-state index in [1.54, 1.807) is 19.1 Å². The zero-order valence-electron chi connectivity index (χ0n) is 11.9. The topological polar surface area (TPSA) is 145 Å². The molecule has 1 aromatic carbocycles. The Balaban J connectivity index is 3.11. The standard InChI is InChI=1S/C13H17N3O6/c1-2-21-10-5-3-4-8(13(10)22-7-11(18)19)12(20)9(17)6-15-16-14/h3-5,9,12,17,20H,2,6-7H2,1H3,(H,18,19). The third-order valence-corrected chi connectivity index (χ3v) is 2.66. The lowest BCUT2D eigenvalue weighted by Gasteiger charge is -2.21. The smallest absolute Gasteiger partial charge is 0.341 e. The molecule has 120 valence electrons. The van der Waals surface area contributed by atoms with Crippen molar-refractivity contribution in [1.29, 1.82) is 0 Å². The molecule has 9 nitrogen and oxygen atoms in total. The van der Waals surface area contributed by atoms with E-state index in [0.29, 0.717) is 6.61 Å². The van der Waals surface area contributed by atoms with Crippen LogP contribution in [0.2, 0.25) is 0 Å². The SMILES string of the molecule is CCOc1cccc(C(O)C(O)CN=[N+]=[N-])c1OCC(=O)O. The number of carbonyl (C=O) groups is 1. The second-order valence-electron chi connectivity index (χ2n) is 4.22. The van der Waals surface area contributed by atoms with Crippen molar-refractivity contribution in [3.8, 4) is 11.5 Å². The number of rotatable bonds is 9. The number of aliphatic carboxylic acids is 1. The van der Waals surface area contributed by atoms with Gasteiger partial charge in [0.25, 0.3) is 0 Å². The molecular weight excluding hydrogens is 294 g/mol. The monoisotopic (exact) mass is 311 g/mol. The number of aliphatic hydroxyl groups is 2. The van der Waals surface area contributed by atoms with E-state index in [-0.39, 0.29) is 23.6 Å². The Bertz CT molecular complexity index is 559. The van der Waals surface area contributed by atoms with Crippen molar-refractivity contribution in [2.24, 2.45) is 5.11 Å². The first kappa shape index (κ1) is 17.6. The van der Waals surface area contributed by atoms with Gasteiger partial charge in [0.1, 0.15) is 6.10 Å². The zero-order valence-corrected chi connectivity index (χ0v) is 11.9. The Kier molecular flexibility index (Phi) is 6.97. The van der Waals surface area contributed by atoms with Crippen molar-refractivity contribution in [1.82, 2.24) is 0 Å². The van der Waals surface area contributed by atoms with Gasteiger partial charge in [0.15, 0.2) is 18.1 Å². The molecule has 0 aliphatic rings. The van der Waals surface area contributed by atoms with Crippen molar-refractivity contribution in [3.63, 3.8) is 0 Å². The van der Waals surface area contributed by atoms with Gasteiger partial charge in [-0.2, -0.15) is 0 Å². The average molecular weight is 311 g/mol. The Hall–Kier alpha value is -2.48. The summed E-state index contributed by atoms with van der Waals surface area (Å²) < 4.78 is 10.5. The minimum absolute atomic E-state index is 0.0271. The molecule has 0 amide bonds. The van der Waals surface area contributed by atoms with Gasteiger partial charge in [-0.05, 0) is 18.5 Å². The Labute approximate surface area is 126 Å². The molecule has 2 unspecified atom stereocenters. The predicted molar refractivity (Wildman–Crippen MR) is 75.7 cm³/mol. The molecule has 0 bridgehead atoms. The Morgan fingerprint density at radius 3 is 2.73 bits per heavy atom. The maximum absolute atomic E-state index is 10.7. The van der Waals surface area contributed by atoms with Gasteiger partial charge < -0.3 is 24.8 Å². The van der Waals surface area contributed by atoms with Gasteiger partial charge in [-0.1, -0.05) is 17.2 Å². The number of carboxylic acid groups (broad SMARTS) is 1. The van der Waals surface area contributed by atoms with Crippen molar-refractivity contribution in [2.75, 3.05) is 19.8 Å². The first-order chi connectivity index (χ1) is 10.5. The molecule has 1 rings (SSSR count). The zero-order chi connectivity index (χ0) is 16.5. The van der Waals surface area contributed by atoms with Crippen LogP contribution in [0, 0.1) is 0 Å². The normalized spacial score (nSPS) is 12.9. The average Bonchev–Trinajstić information content (AvgIpc) is 2.50. The molecule has 0 radical (unpaired) electrons. The van der Waals surface area contributed by atoms with Gasteiger partial charge in [-0.15, -0.1) is 0 Å². The molecule has 0 aliphatic heterocycles. The maximum Gasteiger partial charge on any atom is 0.341 e. The first-order valence-electron chi connectivity index (χ1n) is 6.48. The molecule has 22 heavy (non-hydrogen) atoms. The fourth-order valence-electron chi connectivity index (χ4n) is 1.75. The summed E-state index contributed by atoms with van der Waals surface area (Å²) in [5.41, 5.74) is 8.38. The summed E-state index contributed by atoms with van der Waals surface area (Å²) in [4.78, 5) is 13.2. The van der Waals surface area contributed by atoms with Crippen LogP contribution in [-0.4, -0.2) is 47.2 Å². The highest BCUT2D eigenvalue weighted by molar-refractivity contribution is 5.68. The Morgan fingerprint density at radius 2 is 2.14 bits per heavy atom. The highest BCUT2D eigenvalue weighted by Crippen LogP contribution is 2.36. The maximum atomic E-state index is 10.7. The fraction of sp³-hybridized carbons (Fsp3) is 0.462. The molecule has 0 spiro atoms. The summed E-state index contributed by atoms with van der Waals surface area (Å²) in [7, 11) is 0. The van der Waals surface area contributed by atoms with Crippen LogP contribution in [0.25, 0.3) is 10.4 Å². The van der Waals surface area contributed by atoms with Crippen LogP contribution in [0.15, 0.2) is 23.3 Å². The van der Waals surface area contributed by atoms with Crippen LogP contribution in [0.4, 0.5) is 0 Å².